The lowest BCUT2D eigenvalue weighted by Gasteiger charge is -2.35. The number of amides is 1. The van der Waals surface area contributed by atoms with E-state index in [0.717, 1.165) is 0 Å². The van der Waals surface area contributed by atoms with Crippen molar-refractivity contribution in [3.05, 3.63) is 0 Å². The zero-order valence-corrected chi connectivity index (χ0v) is 9.86. The predicted octanol–water partition coefficient (Wildman–Crippen LogP) is 0.307. The zero-order valence-electron chi connectivity index (χ0n) is 9.86. The molecular formula is C11H16F2N2O3. The van der Waals surface area contributed by atoms with E-state index in [4.69, 9.17) is 5.11 Å². The molecule has 0 bridgehead atoms. The number of carboxylic acids is 1. The number of nitrogens with zero attached hydrogens (tertiary/aromatic N) is 1. The third-order valence-electron chi connectivity index (χ3n) is 3.56. The summed E-state index contributed by atoms with van der Waals surface area (Å²) in [5.74, 6) is -5.06. The average molecular weight is 262 g/mol. The van der Waals surface area contributed by atoms with Gasteiger partial charge in [0.2, 0.25) is 11.8 Å². The molecule has 102 valence electrons. The number of carboxylic acid groups (broad SMARTS) is 1. The molecule has 18 heavy (non-hydrogen) atoms. The van der Waals surface area contributed by atoms with E-state index < -0.39 is 36.2 Å². The number of rotatable bonds is 2. The normalized spacial score (nSPS) is 31.3. The van der Waals surface area contributed by atoms with Crippen LogP contribution in [0.4, 0.5) is 8.78 Å². The first-order valence-corrected chi connectivity index (χ1v) is 6.02. The summed E-state index contributed by atoms with van der Waals surface area (Å²) in [6, 6.07) is -0.944. The first kappa shape index (κ1) is 13.2. The van der Waals surface area contributed by atoms with E-state index in [2.05, 4.69) is 5.32 Å². The minimum atomic E-state index is -2.78. The van der Waals surface area contributed by atoms with E-state index in [1.165, 1.54) is 4.90 Å². The highest BCUT2D eigenvalue weighted by atomic mass is 19.3. The third-order valence-corrected chi connectivity index (χ3v) is 3.56. The molecule has 2 aliphatic rings. The summed E-state index contributed by atoms with van der Waals surface area (Å²) in [6.07, 6.45) is -0.600. The highest BCUT2D eigenvalue weighted by molar-refractivity contribution is 5.85. The Hall–Kier alpha value is -1.24. The van der Waals surface area contributed by atoms with Gasteiger partial charge in [0.1, 0.15) is 6.04 Å². The summed E-state index contributed by atoms with van der Waals surface area (Å²) < 4.78 is 26.2. The highest BCUT2D eigenvalue weighted by Gasteiger charge is 2.45. The molecule has 0 aromatic rings. The van der Waals surface area contributed by atoms with E-state index in [9.17, 15) is 18.4 Å². The van der Waals surface area contributed by atoms with Crippen molar-refractivity contribution in [2.75, 3.05) is 19.6 Å². The minimum Gasteiger partial charge on any atom is -0.480 e. The number of piperazine rings is 1. The molecular weight excluding hydrogens is 246 g/mol. The average Bonchev–Trinajstić information content (AvgIpc) is 2.68. The Morgan fingerprint density at radius 1 is 1.39 bits per heavy atom. The molecule has 1 saturated carbocycles. The van der Waals surface area contributed by atoms with Gasteiger partial charge in [0, 0.05) is 38.4 Å². The van der Waals surface area contributed by atoms with Crippen LogP contribution in [-0.2, 0) is 9.59 Å². The number of nitrogens with one attached hydrogen (secondary N) is 1. The number of alkyl halides is 2. The standard InChI is InChI=1S/C11H16F2N2O3/c12-11(13)2-1-7(5-11)9(16)15-4-3-14-6-8(15)10(17)18/h7-8,14H,1-6H2,(H,17,18). The lowest BCUT2D eigenvalue weighted by molar-refractivity contribution is -0.153. The molecule has 0 aromatic heterocycles. The molecule has 5 nitrogen and oxygen atoms in total. The Bertz CT molecular complexity index is 362. The second-order valence-electron chi connectivity index (χ2n) is 4.89. The largest absolute Gasteiger partial charge is 0.480 e. The predicted molar refractivity (Wildman–Crippen MR) is 58.3 cm³/mol. The van der Waals surface area contributed by atoms with Crippen LogP contribution in [0.5, 0.6) is 0 Å². The van der Waals surface area contributed by atoms with Gasteiger partial charge in [0.05, 0.1) is 0 Å². The first-order valence-electron chi connectivity index (χ1n) is 6.02. The Kier molecular flexibility index (Phi) is 3.52. The van der Waals surface area contributed by atoms with E-state index in [-0.39, 0.29) is 25.9 Å². The monoisotopic (exact) mass is 262 g/mol. The van der Waals surface area contributed by atoms with Gasteiger partial charge in [-0.05, 0) is 6.42 Å². The van der Waals surface area contributed by atoms with Crippen molar-refractivity contribution < 1.29 is 23.5 Å². The smallest absolute Gasteiger partial charge is 0.327 e. The molecule has 1 amide bonds. The molecule has 2 unspecified atom stereocenters. The van der Waals surface area contributed by atoms with Crippen LogP contribution in [0.25, 0.3) is 0 Å². The zero-order chi connectivity index (χ0) is 13.3. The molecule has 1 saturated heterocycles. The van der Waals surface area contributed by atoms with E-state index in [1.807, 2.05) is 0 Å². The molecule has 2 fully saturated rings. The van der Waals surface area contributed by atoms with Crippen LogP contribution in [0.1, 0.15) is 19.3 Å². The molecule has 0 spiro atoms. The fraction of sp³-hybridized carbons (Fsp3) is 0.818. The number of hydrogen-bond acceptors (Lipinski definition) is 3. The molecule has 0 radical (unpaired) electrons. The second kappa shape index (κ2) is 4.79. The Morgan fingerprint density at radius 3 is 2.67 bits per heavy atom. The van der Waals surface area contributed by atoms with Gasteiger partial charge in [-0.15, -0.1) is 0 Å². The summed E-state index contributed by atoms with van der Waals surface area (Å²) in [4.78, 5) is 24.4. The van der Waals surface area contributed by atoms with Crippen molar-refractivity contribution in [2.24, 2.45) is 5.92 Å². The maximum atomic E-state index is 13.1. The minimum absolute atomic E-state index is 0.141. The van der Waals surface area contributed by atoms with Gasteiger partial charge in [0.15, 0.2) is 0 Å². The first-order chi connectivity index (χ1) is 8.41. The van der Waals surface area contributed by atoms with Gasteiger partial charge in [-0.1, -0.05) is 0 Å². The van der Waals surface area contributed by atoms with Gasteiger partial charge >= 0.3 is 5.97 Å². The van der Waals surface area contributed by atoms with Gasteiger partial charge in [-0.2, -0.15) is 0 Å². The van der Waals surface area contributed by atoms with Crippen LogP contribution in [0, 0.1) is 5.92 Å². The number of carbonyl (C=O) groups is 2. The fourth-order valence-electron chi connectivity index (χ4n) is 2.58. The summed E-state index contributed by atoms with van der Waals surface area (Å²) >= 11 is 0. The van der Waals surface area contributed by atoms with Gasteiger partial charge in [-0.25, -0.2) is 13.6 Å². The van der Waals surface area contributed by atoms with Crippen LogP contribution < -0.4 is 5.32 Å². The summed E-state index contributed by atoms with van der Waals surface area (Å²) in [6.45, 7) is 0.931. The number of carbonyl (C=O) groups excluding carboxylic acids is 1. The van der Waals surface area contributed by atoms with Crippen molar-refractivity contribution >= 4 is 11.9 Å². The molecule has 1 heterocycles. The topological polar surface area (TPSA) is 69.6 Å². The molecule has 1 aliphatic carbocycles. The Balaban J connectivity index is 2.05. The molecule has 7 heteroatoms. The second-order valence-corrected chi connectivity index (χ2v) is 4.89. The van der Waals surface area contributed by atoms with Crippen LogP contribution in [-0.4, -0.2) is 53.5 Å². The van der Waals surface area contributed by atoms with Crippen LogP contribution in [0.3, 0.4) is 0 Å². The third kappa shape index (κ3) is 2.60. The van der Waals surface area contributed by atoms with Crippen molar-refractivity contribution in [3.63, 3.8) is 0 Å². The lowest BCUT2D eigenvalue weighted by atomic mass is 10.0. The molecule has 1 aliphatic heterocycles. The van der Waals surface area contributed by atoms with Gasteiger partial charge in [-0.3, -0.25) is 4.79 Å². The lowest BCUT2D eigenvalue weighted by Crippen LogP contribution is -2.58. The van der Waals surface area contributed by atoms with E-state index in [0.29, 0.717) is 6.54 Å². The van der Waals surface area contributed by atoms with Crippen molar-refractivity contribution in [2.45, 2.75) is 31.2 Å². The highest BCUT2D eigenvalue weighted by Crippen LogP contribution is 2.39. The van der Waals surface area contributed by atoms with Crippen molar-refractivity contribution in [3.8, 4) is 0 Å². The Labute approximate surface area is 103 Å². The van der Waals surface area contributed by atoms with Gasteiger partial charge in [0.25, 0.3) is 0 Å². The maximum Gasteiger partial charge on any atom is 0.327 e. The summed E-state index contributed by atoms with van der Waals surface area (Å²) in [7, 11) is 0. The van der Waals surface area contributed by atoms with Crippen LogP contribution >= 0.6 is 0 Å². The SMILES string of the molecule is O=C(O)C1CNCCN1C(=O)C1CCC(F)(F)C1. The fourth-order valence-corrected chi connectivity index (χ4v) is 2.58. The molecule has 2 atom stereocenters. The number of hydrogen-bond donors (Lipinski definition) is 2. The molecule has 2 rings (SSSR count). The molecule has 0 aromatic carbocycles. The Morgan fingerprint density at radius 2 is 2.11 bits per heavy atom. The van der Waals surface area contributed by atoms with E-state index >= 15 is 0 Å². The quantitative estimate of drug-likeness (QED) is 0.751. The number of halogens is 2. The summed E-state index contributed by atoms with van der Waals surface area (Å²) in [5.41, 5.74) is 0. The van der Waals surface area contributed by atoms with Crippen molar-refractivity contribution in [1.82, 2.24) is 10.2 Å². The van der Waals surface area contributed by atoms with Crippen LogP contribution in [0.2, 0.25) is 0 Å². The maximum absolute atomic E-state index is 13.1. The van der Waals surface area contributed by atoms with E-state index in [1.54, 1.807) is 0 Å². The summed E-state index contributed by atoms with van der Waals surface area (Å²) in [5, 5.41) is 11.9. The van der Waals surface area contributed by atoms with Crippen molar-refractivity contribution in [1.29, 1.82) is 0 Å². The van der Waals surface area contributed by atoms with Crippen LogP contribution in [0.15, 0.2) is 0 Å². The van der Waals surface area contributed by atoms with Gasteiger partial charge < -0.3 is 15.3 Å². The molecule has 2 N–H and O–H groups in total. The number of aliphatic carboxylic acids is 1.